The number of benzene rings is 1. The number of nitrogens with one attached hydrogen (secondary N) is 2. The number of nitrogens with zero attached hydrogens (tertiary/aromatic N) is 2. The predicted octanol–water partition coefficient (Wildman–Crippen LogP) is 2.47. The highest BCUT2D eigenvalue weighted by molar-refractivity contribution is 8.00. The van der Waals surface area contributed by atoms with E-state index >= 15 is 0 Å². The van der Waals surface area contributed by atoms with Crippen molar-refractivity contribution in [2.75, 3.05) is 14.1 Å². The minimum absolute atomic E-state index is 0.127. The van der Waals surface area contributed by atoms with Crippen LogP contribution in [0.3, 0.4) is 0 Å². The van der Waals surface area contributed by atoms with Gasteiger partial charge in [-0.15, -0.1) is 11.8 Å². The normalized spacial score (nSPS) is 30.0. The molecule has 0 aliphatic carbocycles. The zero-order chi connectivity index (χ0) is 18.3. The van der Waals surface area contributed by atoms with Gasteiger partial charge in [0.2, 0.25) is 5.91 Å². The summed E-state index contributed by atoms with van der Waals surface area (Å²) in [6.07, 6.45) is -0.618. The molecule has 4 atom stereocenters. The Kier molecular flexibility index (Phi) is 5.29. The fourth-order valence-electron chi connectivity index (χ4n) is 3.35. The van der Waals surface area contributed by atoms with Crippen LogP contribution in [0.25, 0.3) is 0 Å². The van der Waals surface area contributed by atoms with E-state index in [9.17, 15) is 9.59 Å². The molecular formula is C17H23ClN4O2S. The first-order chi connectivity index (χ1) is 11.8. The Morgan fingerprint density at radius 2 is 1.84 bits per heavy atom. The smallest absolute Gasteiger partial charge is 0.311 e. The van der Waals surface area contributed by atoms with Gasteiger partial charge in [0.15, 0.2) is 0 Å². The van der Waals surface area contributed by atoms with Gasteiger partial charge in [-0.3, -0.25) is 20.3 Å². The summed E-state index contributed by atoms with van der Waals surface area (Å²) in [5.41, 5.74) is 0.907. The molecule has 0 bridgehead atoms. The third kappa shape index (κ3) is 3.38. The first kappa shape index (κ1) is 18.5. The van der Waals surface area contributed by atoms with Gasteiger partial charge in [0.05, 0.1) is 23.6 Å². The second-order valence-electron chi connectivity index (χ2n) is 6.65. The lowest BCUT2D eigenvalue weighted by molar-refractivity contribution is -0.140. The Balaban J connectivity index is 1.97. The molecule has 4 unspecified atom stereocenters. The zero-order valence-corrected chi connectivity index (χ0v) is 16.3. The fourth-order valence-corrected chi connectivity index (χ4v) is 4.83. The van der Waals surface area contributed by atoms with Crippen LogP contribution in [0.15, 0.2) is 24.3 Å². The van der Waals surface area contributed by atoms with Crippen molar-refractivity contribution in [1.29, 1.82) is 0 Å². The lowest BCUT2D eigenvalue weighted by atomic mass is 9.96. The number of amides is 3. The number of urea groups is 1. The maximum absolute atomic E-state index is 12.8. The summed E-state index contributed by atoms with van der Waals surface area (Å²) >= 11 is 8.06. The quantitative estimate of drug-likeness (QED) is 0.840. The summed E-state index contributed by atoms with van der Waals surface area (Å²) in [6, 6.07) is 7.30. The summed E-state index contributed by atoms with van der Waals surface area (Å²) in [5.74, 6) is -0.525. The number of fused-ring (bicyclic) bond motifs is 1. The van der Waals surface area contributed by atoms with Crippen LogP contribution in [0.2, 0.25) is 5.02 Å². The van der Waals surface area contributed by atoms with Crippen molar-refractivity contribution >= 4 is 35.3 Å². The number of carbonyl (C=O) groups is 2. The van der Waals surface area contributed by atoms with Crippen molar-refractivity contribution in [1.82, 2.24) is 20.4 Å². The number of rotatable bonds is 3. The molecule has 2 aliphatic heterocycles. The van der Waals surface area contributed by atoms with Crippen molar-refractivity contribution in [3.8, 4) is 0 Å². The number of thioether (sulfide) groups is 1. The van der Waals surface area contributed by atoms with Gasteiger partial charge in [0, 0.05) is 29.9 Å². The van der Waals surface area contributed by atoms with E-state index in [0.717, 1.165) is 5.56 Å². The van der Waals surface area contributed by atoms with Crippen LogP contribution in [-0.4, -0.2) is 52.6 Å². The highest BCUT2D eigenvalue weighted by Crippen LogP contribution is 2.36. The Bertz CT molecular complexity index is 686. The van der Waals surface area contributed by atoms with Crippen LogP contribution in [0, 0.1) is 5.92 Å². The van der Waals surface area contributed by atoms with Crippen molar-refractivity contribution in [3.63, 3.8) is 0 Å². The van der Waals surface area contributed by atoms with Gasteiger partial charge in [-0.2, -0.15) is 0 Å². The Hall–Kier alpha value is -1.28. The molecule has 1 aromatic carbocycles. The van der Waals surface area contributed by atoms with Crippen LogP contribution in [0.4, 0.5) is 4.79 Å². The second kappa shape index (κ2) is 7.15. The molecule has 2 N–H and O–H groups in total. The fraction of sp³-hybridized carbons (Fsp3) is 0.529. The van der Waals surface area contributed by atoms with Crippen LogP contribution in [0.1, 0.15) is 25.6 Å². The van der Waals surface area contributed by atoms with E-state index < -0.39 is 0 Å². The molecule has 6 nitrogen and oxygen atoms in total. The van der Waals surface area contributed by atoms with Gasteiger partial charge in [-0.05, 0) is 6.07 Å². The molecule has 0 spiro atoms. The number of hydrogen-bond acceptors (Lipinski definition) is 5. The molecule has 2 heterocycles. The van der Waals surface area contributed by atoms with Crippen LogP contribution < -0.4 is 10.6 Å². The Morgan fingerprint density at radius 1 is 1.16 bits per heavy atom. The average Bonchev–Trinajstić information content (AvgIpc) is 2.57. The first-order valence-corrected chi connectivity index (χ1v) is 9.59. The number of carbonyl (C=O) groups excluding carboxylic acids is 2. The molecule has 0 radical (unpaired) electrons. The summed E-state index contributed by atoms with van der Waals surface area (Å²) < 4.78 is 0. The molecule has 0 aromatic heterocycles. The molecular weight excluding hydrogens is 360 g/mol. The average molecular weight is 383 g/mol. The van der Waals surface area contributed by atoms with Gasteiger partial charge < -0.3 is 4.90 Å². The lowest BCUT2D eigenvalue weighted by Crippen LogP contribution is -2.72. The highest BCUT2D eigenvalue weighted by Gasteiger charge is 2.51. The van der Waals surface area contributed by atoms with Gasteiger partial charge in [-0.25, -0.2) is 4.79 Å². The highest BCUT2D eigenvalue weighted by atomic mass is 35.5. The number of imide groups is 1. The van der Waals surface area contributed by atoms with E-state index in [1.807, 2.05) is 24.3 Å². The minimum atomic E-state index is -0.380. The third-order valence-electron chi connectivity index (χ3n) is 4.59. The summed E-state index contributed by atoms with van der Waals surface area (Å²) in [5, 5.41) is 7.76. The van der Waals surface area contributed by atoms with Crippen molar-refractivity contribution in [2.24, 2.45) is 5.92 Å². The predicted molar refractivity (Wildman–Crippen MR) is 100 cm³/mol. The van der Waals surface area contributed by atoms with E-state index in [-0.39, 0.29) is 35.6 Å². The molecule has 3 rings (SSSR count). The number of halogens is 1. The van der Waals surface area contributed by atoms with Crippen LogP contribution >= 0.6 is 23.4 Å². The topological polar surface area (TPSA) is 64.7 Å². The molecule has 25 heavy (non-hydrogen) atoms. The van der Waals surface area contributed by atoms with Crippen LogP contribution in [-0.2, 0) is 4.79 Å². The molecule has 2 fully saturated rings. The summed E-state index contributed by atoms with van der Waals surface area (Å²) in [6.45, 7) is 4.19. The van der Waals surface area contributed by atoms with Crippen molar-refractivity contribution in [2.45, 2.75) is 36.8 Å². The van der Waals surface area contributed by atoms with Crippen LogP contribution in [0.5, 0.6) is 0 Å². The molecule has 8 heteroatoms. The van der Waals surface area contributed by atoms with E-state index in [2.05, 4.69) is 24.5 Å². The third-order valence-corrected chi connectivity index (χ3v) is 6.20. The summed E-state index contributed by atoms with van der Waals surface area (Å²) in [4.78, 5) is 27.9. The van der Waals surface area contributed by atoms with Gasteiger partial charge in [0.1, 0.15) is 0 Å². The molecule has 1 aromatic rings. The second-order valence-corrected chi connectivity index (χ2v) is 8.78. The van der Waals surface area contributed by atoms with E-state index in [4.69, 9.17) is 11.6 Å². The maximum Gasteiger partial charge on any atom is 0.327 e. The minimum Gasteiger partial charge on any atom is -0.311 e. The van der Waals surface area contributed by atoms with E-state index in [1.54, 1.807) is 23.7 Å². The number of hydrogen-bond donors (Lipinski definition) is 2. The van der Waals surface area contributed by atoms with Gasteiger partial charge in [-0.1, -0.05) is 43.6 Å². The molecule has 2 aliphatic rings. The first-order valence-electron chi connectivity index (χ1n) is 8.27. The molecule has 3 amide bonds. The maximum atomic E-state index is 12.8. The molecule has 136 valence electrons. The summed E-state index contributed by atoms with van der Waals surface area (Å²) in [7, 11) is 3.26. The monoisotopic (exact) mass is 382 g/mol. The molecule has 2 saturated heterocycles. The Morgan fingerprint density at radius 3 is 2.48 bits per heavy atom. The van der Waals surface area contributed by atoms with Crippen molar-refractivity contribution < 1.29 is 9.59 Å². The van der Waals surface area contributed by atoms with Crippen molar-refractivity contribution in [3.05, 3.63) is 34.9 Å². The largest absolute Gasteiger partial charge is 0.327 e. The lowest BCUT2D eigenvalue weighted by Gasteiger charge is -2.50. The molecule has 0 saturated carbocycles. The standard InChI is InChI=1S/C17H23ClN4O2S/c1-9(2)25-15-12-14(21(3)17(24)22(4)16(12)23)19-13(20-15)10-7-5-6-8-11(10)18/h5-9,12-15,19-20H,1-4H3. The van der Waals surface area contributed by atoms with E-state index in [1.165, 1.54) is 11.9 Å². The van der Waals surface area contributed by atoms with Gasteiger partial charge >= 0.3 is 6.03 Å². The van der Waals surface area contributed by atoms with E-state index in [0.29, 0.717) is 10.3 Å². The SMILES string of the molecule is CC(C)SC1NC(c2ccccc2Cl)NC2C1C(=O)N(C)C(=O)N2C. The van der Waals surface area contributed by atoms with Gasteiger partial charge in [0.25, 0.3) is 0 Å². The Labute approximate surface area is 157 Å². The zero-order valence-electron chi connectivity index (χ0n) is 14.7.